The molecule has 1 saturated heterocycles. The van der Waals surface area contributed by atoms with Gasteiger partial charge in [0.15, 0.2) is 0 Å². The first-order valence-corrected chi connectivity index (χ1v) is 5.58. The second kappa shape index (κ2) is 7.94. The minimum Gasteiger partial charge on any atom is -0.379 e. The lowest BCUT2D eigenvalue weighted by atomic mass is 10.2. The first-order valence-electron chi connectivity index (χ1n) is 5.58. The molecule has 1 heterocycles. The Morgan fingerprint density at radius 2 is 2.14 bits per heavy atom. The van der Waals surface area contributed by atoms with Crippen LogP contribution in [0.1, 0.15) is 34.1 Å². The zero-order chi connectivity index (χ0) is 11.0. The third-order valence-corrected chi connectivity index (χ3v) is 2.33. The summed E-state index contributed by atoms with van der Waals surface area (Å²) in [4.78, 5) is 13.4. The Kier molecular flexibility index (Phi) is 7.71. The SMILES string of the molecule is CC.CCN1CCCOCC1C(C)=O. The number of carbonyl (C=O) groups excluding carboxylic acids is 1. The van der Waals surface area contributed by atoms with Crippen LogP contribution in [0.25, 0.3) is 0 Å². The van der Waals surface area contributed by atoms with Gasteiger partial charge in [-0.15, -0.1) is 0 Å². The number of ketones is 1. The Balaban J connectivity index is 0.000000791. The molecular formula is C11H23NO2. The molecule has 1 atom stereocenters. The van der Waals surface area contributed by atoms with Crippen molar-refractivity contribution in [3.63, 3.8) is 0 Å². The smallest absolute Gasteiger partial charge is 0.149 e. The summed E-state index contributed by atoms with van der Waals surface area (Å²) in [5.74, 6) is 0.221. The van der Waals surface area contributed by atoms with E-state index >= 15 is 0 Å². The molecule has 0 aliphatic carbocycles. The van der Waals surface area contributed by atoms with Crippen molar-refractivity contribution >= 4 is 5.78 Å². The topological polar surface area (TPSA) is 29.5 Å². The molecule has 1 aliphatic heterocycles. The van der Waals surface area contributed by atoms with E-state index in [-0.39, 0.29) is 11.8 Å². The van der Waals surface area contributed by atoms with Gasteiger partial charge in [0.2, 0.25) is 0 Å². The van der Waals surface area contributed by atoms with E-state index in [1.807, 2.05) is 13.8 Å². The van der Waals surface area contributed by atoms with Crippen LogP contribution < -0.4 is 0 Å². The third kappa shape index (κ3) is 4.20. The van der Waals surface area contributed by atoms with Crippen LogP contribution in [0.4, 0.5) is 0 Å². The van der Waals surface area contributed by atoms with Gasteiger partial charge in [0.05, 0.1) is 12.6 Å². The highest BCUT2D eigenvalue weighted by molar-refractivity contribution is 5.81. The Morgan fingerprint density at radius 1 is 1.50 bits per heavy atom. The standard InChI is InChI=1S/C9H17NO2.C2H6/c1-3-10-5-4-6-12-7-9(10)8(2)11;1-2/h9H,3-7H2,1-2H3;1-2H3. The molecule has 1 fully saturated rings. The quantitative estimate of drug-likeness (QED) is 0.681. The maximum absolute atomic E-state index is 11.2. The summed E-state index contributed by atoms with van der Waals surface area (Å²) in [6.07, 6.45) is 1.04. The number of hydrogen-bond donors (Lipinski definition) is 0. The van der Waals surface area contributed by atoms with E-state index in [9.17, 15) is 4.79 Å². The van der Waals surface area contributed by atoms with Crippen molar-refractivity contribution in [3.8, 4) is 0 Å². The van der Waals surface area contributed by atoms with Gasteiger partial charge in [-0.3, -0.25) is 9.69 Å². The van der Waals surface area contributed by atoms with Crippen molar-refractivity contribution in [2.45, 2.75) is 40.2 Å². The zero-order valence-corrected chi connectivity index (χ0v) is 9.88. The van der Waals surface area contributed by atoms with Gasteiger partial charge in [-0.05, 0) is 19.9 Å². The second-order valence-corrected chi connectivity index (χ2v) is 3.18. The molecule has 1 aliphatic rings. The van der Waals surface area contributed by atoms with Crippen LogP contribution in [-0.4, -0.2) is 43.0 Å². The zero-order valence-electron chi connectivity index (χ0n) is 9.88. The molecule has 0 aromatic rings. The van der Waals surface area contributed by atoms with Crippen molar-refractivity contribution in [2.24, 2.45) is 0 Å². The number of hydrogen-bond acceptors (Lipinski definition) is 3. The molecule has 0 aromatic carbocycles. The number of likely N-dealkylation sites (N-methyl/N-ethyl adjacent to an activating group) is 1. The summed E-state index contributed by atoms with van der Waals surface area (Å²) in [6, 6.07) is -0.00231. The summed E-state index contributed by atoms with van der Waals surface area (Å²) in [5.41, 5.74) is 0. The van der Waals surface area contributed by atoms with Gasteiger partial charge in [-0.1, -0.05) is 20.8 Å². The number of ether oxygens (including phenoxy) is 1. The first-order chi connectivity index (χ1) is 6.75. The normalized spacial score (nSPS) is 23.3. The minimum absolute atomic E-state index is 0.00231. The molecule has 3 nitrogen and oxygen atoms in total. The van der Waals surface area contributed by atoms with Gasteiger partial charge < -0.3 is 4.74 Å². The molecule has 0 amide bonds. The van der Waals surface area contributed by atoms with E-state index in [1.54, 1.807) is 6.92 Å². The molecule has 1 unspecified atom stereocenters. The van der Waals surface area contributed by atoms with Crippen LogP contribution in [0.15, 0.2) is 0 Å². The van der Waals surface area contributed by atoms with E-state index < -0.39 is 0 Å². The number of rotatable bonds is 2. The highest BCUT2D eigenvalue weighted by Crippen LogP contribution is 2.07. The van der Waals surface area contributed by atoms with Gasteiger partial charge in [-0.2, -0.15) is 0 Å². The lowest BCUT2D eigenvalue weighted by Crippen LogP contribution is -2.42. The van der Waals surface area contributed by atoms with Crippen LogP contribution in [0.2, 0.25) is 0 Å². The Morgan fingerprint density at radius 3 is 2.64 bits per heavy atom. The van der Waals surface area contributed by atoms with E-state index in [4.69, 9.17) is 4.74 Å². The average Bonchev–Trinajstić information content (AvgIpc) is 2.45. The summed E-state index contributed by atoms with van der Waals surface area (Å²) in [7, 11) is 0. The molecule has 0 aromatic heterocycles. The largest absolute Gasteiger partial charge is 0.379 e. The van der Waals surface area contributed by atoms with E-state index in [0.717, 1.165) is 26.1 Å². The fourth-order valence-corrected chi connectivity index (χ4v) is 1.58. The predicted molar refractivity (Wildman–Crippen MR) is 58.5 cm³/mol. The Hall–Kier alpha value is -0.410. The van der Waals surface area contributed by atoms with Gasteiger partial charge in [0, 0.05) is 13.2 Å². The van der Waals surface area contributed by atoms with Crippen molar-refractivity contribution in [1.82, 2.24) is 4.90 Å². The molecule has 0 N–H and O–H groups in total. The second-order valence-electron chi connectivity index (χ2n) is 3.18. The molecule has 3 heteroatoms. The van der Waals surface area contributed by atoms with E-state index in [0.29, 0.717) is 6.61 Å². The van der Waals surface area contributed by atoms with Crippen molar-refractivity contribution in [1.29, 1.82) is 0 Å². The van der Waals surface area contributed by atoms with Crippen molar-refractivity contribution in [3.05, 3.63) is 0 Å². The lowest BCUT2D eigenvalue weighted by Gasteiger charge is -2.25. The van der Waals surface area contributed by atoms with E-state index in [2.05, 4.69) is 11.8 Å². The fraction of sp³-hybridized carbons (Fsp3) is 0.909. The Labute approximate surface area is 87.4 Å². The van der Waals surface area contributed by atoms with Crippen molar-refractivity contribution < 1.29 is 9.53 Å². The first kappa shape index (κ1) is 13.6. The lowest BCUT2D eigenvalue weighted by molar-refractivity contribution is -0.123. The van der Waals surface area contributed by atoms with Gasteiger partial charge in [-0.25, -0.2) is 0 Å². The fourth-order valence-electron chi connectivity index (χ4n) is 1.58. The van der Waals surface area contributed by atoms with Crippen LogP contribution in [0.3, 0.4) is 0 Å². The molecule has 1 rings (SSSR count). The van der Waals surface area contributed by atoms with Crippen LogP contribution in [0.5, 0.6) is 0 Å². The summed E-state index contributed by atoms with van der Waals surface area (Å²) < 4.78 is 5.34. The Bertz CT molecular complexity index is 159. The van der Waals surface area contributed by atoms with Gasteiger partial charge >= 0.3 is 0 Å². The van der Waals surface area contributed by atoms with Crippen LogP contribution in [0, 0.1) is 0 Å². The third-order valence-electron chi connectivity index (χ3n) is 2.33. The summed E-state index contributed by atoms with van der Waals surface area (Å²) >= 11 is 0. The number of Topliss-reactive ketones (excluding diaryl/α,β-unsaturated/α-hetero) is 1. The predicted octanol–water partition coefficient (Wildman–Crippen LogP) is 1.71. The van der Waals surface area contributed by atoms with Crippen LogP contribution >= 0.6 is 0 Å². The highest BCUT2D eigenvalue weighted by atomic mass is 16.5. The molecule has 84 valence electrons. The highest BCUT2D eigenvalue weighted by Gasteiger charge is 2.23. The molecular weight excluding hydrogens is 178 g/mol. The maximum Gasteiger partial charge on any atom is 0.149 e. The van der Waals surface area contributed by atoms with Crippen molar-refractivity contribution in [2.75, 3.05) is 26.3 Å². The van der Waals surface area contributed by atoms with E-state index in [1.165, 1.54) is 0 Å². The minimum atomic E-state index is -0.00231. The van der Waals surface area contributed by atoms with Gasteiger partial charge in [0.1, 0.15) is 5.78 Å². The monoisotopic (exact) mass is 201 g/mol. The molecule has 0 bridgehead atoms. The number of carbonyl (C=O) groups is 1. The molecule has 0 radical (unpaired) electrons. The van der Waals surface area contributed by atoms with Gasteiger partial charge in [0.25, 0.3) is 0 Å². The molecule has 0 saturated carbocycles. The average molecular weight is 201 g/mol. The summed E-state index contributed by atoms with van der Waals surface area (Å²) in [6.45, 7) is 11.0. The molecule has 0 spiro atoms. The summed E-state index contributed by atoms with van der Waals surface area (Å²) in [5, 5.41) is 0. The molecule has 14 heavy (non-hydrogen) atoms. The van der Waals surface area contributed by atoms with Crippen LogP contribution in [-0.2, 0) is 9.53 Å². The number of nitrogens with zero attached hydrogens (tertiary/aromatic N) is 1. The maximum atomic E-state index is 11.2.